The molecule has 2 N–H and O–H groups in total. The van der Waals surface area contributed by atoms with Crippen molar-refractivity contribution in [2.24, 2.45) is 0 Å². The number of unbranched alkanes of at least 4 members (excludes halogenated alkanes) is 43. The molecule has 0 bridgehead atoms. The normalized spacial score (nSPS) is 13.8. The Morgan fingerprint density at radius 2 is 0.718 bits per heavy atom. The number of carbonyl (C=O) groups is 2. The van der Waals surface area contributed by atoms with E-state index in [9.17, 15) is 19.0 Å². The Kier molecular flexibility index (Phi) is 62.9. The third-order valence-electron chi connectivity index (χ3n) is 16.4. The first-order valence-corrected chi connectivity index (χ1v) is 38.1. The lowest BCUT2D eigenvalue weighted by atomic mass is 10.0. The molecule has 0 fully saturated rings. The number of phosphoric acid groups is 1. The minimum Gasteiger partial charge on any atom is -0.456 e. The van der Waals surface area contributed by atoms with Crippen LogP contribution in [-0.2, 0) is 27.9 Å². The summed E-state index contributed by atoms with van der Waals surface area (Å²) >= 11 is 0. The highest BCUT2D eigenvalue weighted by molar-refractivity contribution is 7.47. The minimum atomic E-state index is -4.46. The van der Waals surface area contributed by atoms with Gasteiger partial charge in [0.15, 0.2) is 0 Å². The number of hydrogen-bond donors (Lipinski definition) is 2. The first-order valence-electron chi connectivity index (χ1n) is 36.6. The van der Waals surface area contributed by atoms with Gasteiger partial charge in [0.2, 0.25) is 5.91 Å². The lowest BCUT2D eigenvalue weighted by Gasteiger charge is -2.27. The number of nitrogens with one attached hydrogen (secondary N) is 1. The van der Waals surface area contributed by atoms with Crippen molar-refractivity contribution < 1.29 is 37.3 Å². The van der Waals surface area contributed by atoms with Crippen molar-refractivity contribution in [2.75, 3.05) is 40.9 Å². The summed E-state index contributed by atoms with van der Waals surface area (Å²) in [7, 11) is 1.50. The number of ether oxygens (including phenoxy) is 1. The zero-order valence-electron chi connectivity index (χ0n) is 57.1. The van der Waals surface area contributed by atoms with Crippen LogP contribution in [0, 0.1) is 0 Å². The van der Waals surface area contributed by atoms with E-state index < -0.39 is 20.0 Å². The fourth-order valence-corrected chi connectivity index (χ4v) is 11.5. The van der Waals surface area contributed by atoms with Crippen LogP contribution >= 0.6 is 7.82 Å². The van der Waals surface area contributed by atoms with Crippen LogP contribution in [0.15, 0.2) is 60.8 Å². The molecule has 0 saturated carbocycles. The molecule has 0 radical (unpaired) electrons. The molecule has 1 amide bonds. The second-order valence-electron chi connectivity index (χ2n) is 26.1. The molecule has 0 aromatic carbocycles. The maximum absolute atomic E-state index is 13.6. The van der Waals surface area contributed by atoms with Gasteiger partial charge in [-0.05, 0) is 96.0 Å². The van der Waals surface area contributed by atoms with E-state index in [1.54, 1.807) is 0 Å². The molecule has 9 nitrogen and oxygen atoms in total. The summed E-state index contributed by atoms with van der Waals surface area (Å²) in [6.45, 7) is 7.02. The summed E-state index contributed by atoms with van der Waals surface area (Å²) in [6.07, 6.45) is 83.8. The van der Waals surface area contributed by atoms with Gasteiger partial charge in [-0.2, -0.15) is 0 Å². The fourth-order valence-electron chi connectivity index (χ4n) is 10.8. The molecular weight excluding hydrogens is 1070 g/mol. The van der Waals surface area contributed by atoms with Gasteiger partial charge in [0.1, 0.15) is 19.3 Å². The number of rotatable bonds is 67. The Hall–Kier alpha value is -2.29. The molecule has 498 valence electrons. The van der Waals surface area contributed by atoms with Crippen molar-refractivity contribution in [3.8, 4) is 0 Å². The molecule has 0 rings (SSSR count). The minimum absolute atomic E-state index is 0.0376. The molecule has 3 unspecified atom stereocenters. The van der Waals surface area contributed by atoms with Gasteiger partial charge < -0.3 is 19.4 Å². The summed E-state index contributed by atoms with van der Waals surface area (Å²) in [4.78, 5) is 37.9. The third kappa shape index (κ3) is 66.0. The highest BCUT2D eigenvalue weighted by Gasteiger charge is 2.30. The molecule has 0 spiro atoms. The van der Waals surface area contributed by atoms with E-state index in [0.29, 0.717) is 23.9 Å². The van der Waals surface area contributed by atoms with Gasteiger partial charge in [-0.3, -0.25) is 18.6 Å². The van der Waals surface area contributed by atoms with E-state index in [1.165, 1.54) is 238 Å². The van der Waals surface area contributed by atoms with Gasteiger partial charge >= 0.3 is 13.8 Å². The van der Waals surface area contributed by atoms with Gasteiger partial charge in [-0.25, -0.2) is 4.57 Å². The number of carbonyl (C=O) groups excluding carboxylic acids is 2. The zero-order chi connectivity index (χ0) is 62.1. The number of hydrogen-bond acceptors (Lipinski definition) is 6. The van der Waals surface area contributed by atoms with E-state index in [0.717, 1.165) is 83.5 Å². The molecule has 0 saturated heterocycles. The van der Waals surface area contributed by atoms with E-state index in [1.807, 2.05) is 33.3 Å². The number of nitrogens with zero attached hydrogens (tertiary/aromatic N) is 1. The van der Waals surface area contributed by atoms with Gasteiger partial charge in [0.05, 0.1) is 33.8 Å². The topological polar surface area (TPSA) is 111 Å². The van der Waals surface area contributed by atoms with Gasteiger partial charge in [-0.15, -0.1) is 0 Å². The van der Waals surface area contributed by atoms with Crippen molar-refractivity contribution in [2.45, 2.75) is 367 Å². The number of amides is 1. The molecule has 85 heavy (non-hydrogen) atoms. The predicted octanol–water partition coefficient (Wildman–Crippen LogP) is 23.3. The molecule has 3 atom stereocenters. The number of phosphoric ester groups is 1. The summed E-state index contributed by atoms with van der Waals surface area (Å²) < 4.78 is 30.9. The van der Waals surface area contributed by atoms with Crippen LogP contribution in [0.2, 0.25) is 0 Å². The highest BCUT2D eigenvalue weighted by atomic mass is 31.2. The van der Waals surface area contributed by atoms with Crippen molar-refractivity contribution in [3.05, 3.63) is 60.8 Å². The van der Waals surface area contributed by atoms with Gasteiger partial charge in [-0.1, -0.05) is 307 Å². The second kappa shape index (κ2) is 64.7. The monoisotopic (exact) mass is 1210 g/mol. The molecule has 0 aromatic rings. The van der Waals surface area contributed by atoms with Crippen LogP contribution < -0.4 is 5.32 Å². The Morgan fingerprint density at radius 1 is 0.412 bits per heavy atom. The first kappa shape index (κ1) is 82.7. The van der Waals surface area contributed by atoms with E-state index in [-0.39, 0.29) is 25.1 Å². The number of likely N-dealkylation sites (N-methyl/N-ethyl adjacent to an activating group) is 1. The number of esters is 1. The van der Waals surface area contributed by atoms with Crippen molar-refractivity contribution in [3.63, 3.8) is 0 Å². The predicted molar refractivity (Wildman–Crippen MR) is 369 cm³/mol. The standard InChI is InChI=1S/C75H141N2O7P/c1-7-10-13-16-19-22-25-28-30-32-34-35-36-37-38-39-40-41-43-45-47-50-53-56-59-62-65-68-75(79)84-73(66-63-60-57-54-51-48-27-24-21-18-15-12-9-3)72(71-83-85(80,81)82-70-69-77(4,5)6)76-74(78)67-64-61-58-55-52-49-46-44-42-33-31-29-26-23-20-17-14-11-8-2/h20,23,28-31,42,44,63,66,72-73H,7-19,21-22,24-27,32-41,43,45-62,64-65,67-71H2,1-6H3,(H-,76,78,80,81)/p+1/b23-20-,30-28+,31-29-,44-42-,66-63-. The van der Waals surface area contributed by atoms with Crippen LogP contribution in [-0.4, -0.2) is 74.3 Å². The molecular formula is C75H142N2O7P+. The van der Waals surface area contributed by atoms with Crippen LogP contribution in [0.25, 0.3) is 0 Å². The van der Waals surface area contributed by atoms with Gasteiger partial charge in [0, 0.05) is 12.8 Å². The SMILES string of the molecule is CCCCC/C=C\C/C=C\C/C=C\CCCCCCCCC(=O)NC(COP(=O)(O)OCC[N+](C)(C)C)C(/C=C\CCCCCCCCCCCCC)OC(=O)CCCCCCCCCCCCCCCCCCC/C=C/CCCCCCCC. The van der Waals surface area contributed by atoms with E-state index in [2.05, 4.69) is 74.7 Å². The molecule has 0 heterocycles. The fraction of sp³-hybridized carbons (Fsp3) is 0.840. The zero-order valence-corrected chi connectivity index (χ0v) is 58.0. The summed E-state index contributed by atoms with van der Waals surface area (Å²) in [5, 5.41) is 3.07. The molecule has 10 heteroatoms. The van der Waals surface area contributed by atoms with Crippen LogP contribution in [0.1, 0.15) is 355 Å². The average Bonchev–Trinajstić information content (AvgIpc) is 3.50. The Balaban J connectivity index is 5.04. The number of quaternary nitrogens is 1. The van der Waals surface area contributed by atoms with Gasteiger partial charge in [0.25, 0.3) is 0 Å². The lowest BCUT2D eigenvalue weighted by molar-refractivity contribution is -0.870. The first-order chi connectivity index (χ1) is 41.4. The van der Waals surface area contributed by atoms with Crippen molar-refractivity contribution >= 4 is 19.7 Å². The maximum Gasteiger partial charge on any atom is 0.472 e. The van der Waals surface area contributed by atoms with Crippen LogP contribution in [0.4, 0.5) is 0 Å². The largest absolute Gasteiger partial charge is 0.472 e. The molecule has 0 aliphatic carbocycles. The molecule has 0 aliphatic heterocycles. The Labute approximate surface area is 528 Å². The summed E-state index contributed by atoms with van der Waals surface area (Å²) in [6, 6.07) is -0.856. The smallest absolute Gasteiger partial charge is 0.456 e. The van der Waals surface area contributed by atoms with Crippen molar-refractivity contribution in [1.82, 2.24) is 5.32 Å². The average molecular weight is 1210 g/mol. The van der Waals surface area contributed by atoms with Crippen LogP contribution in [0.3, 0.4) is 0 Å². The summed E-state index contributed by atoms with van der Waals surface area (Å²) in [5.74, 6) is -0.505. The van der Waals surface area contributed by atoms with E-state index in [4.69, 9.17) is 13.8 Å². The Morgan fingerprint density at radius 3 is 1.11 bits per heavy atom. The maximum atomic E-state index is 13.6. The number of allylic oxidation sites excluding steroid dienone is 9. The highest BCUT2D eigenvalue weighted by Crippen LogP contribution is 2.43. The third-order valence-corrected chi connectivity index (χ3v) is 17.4. The Bertz CT molecular complexity index is 1640. The van der Waals surface area contributed by atoms with Crippen molar-refractivity contribution in [1.29, 1.82) is 0 Å². The van der Waals surface area contributed by atoms with E-state index >= 15 is 0 Å². The summed E-state index contributed by atoms with van der Waals surface area (Å²) in [5.41, 5.74) is 0. The quantitative estimate of drug-likeness (QED) is 0.0205. The molecule has 0 aliphatic rings. The second-order valence-corrected chi connectivity index (χ2v) is 27.6. The van der Waals surface area contributed by atoms with Crippen LogP contribution in [0.5, 0.6) is 0 Å². The lowest BCUT2D eigenvalue weighted by Crippen LogP contribution is -2.47. The molecule has 0 aromatic heterocycles.